The van der Waals surface area contributed by atoms with Crippen molar-refractivity contribution < 1.29 is 0 Å². The zero-order chi connectivity index (χ0) is 9.52. The lowest BCUT2D eigenvalue weighted by atomic mass is 10.0. The van der Waals surface area contributed by atoms with E-state index in [1.54, 1.807) is 0 Å². The fourth-order valence-electron chi connectivity index (χ4n) is 1.44. The maximum Gasteiger partial charge on any atom is 0.0460 e. The molecule has 0 radical (unpaired) electrons. The van der Waals surface area contributed by atoms with E-state index in [-0.39, 0.29) is 0 Å². The molecule has 0 spiro atoms. The van der Waals surface area contributed by atoms with Gasteiger partial charge in [-0.2, -0.15) is 0 Å². The Morgan fingerprint density at radius 1 is 1.31 bits per heavy atom. The summed E-state index contributed by atoms with van der Waals surface area (Å²) in [4.78, 5) is 0. The van der Waals surface area contributed by atoms with E-state index in [1.165, 1.54) is 18.4 Å². The molecule has 0 unspecified atom stereocenters. The average molecular weight is 178 g/mol. The summed E-state index contributed by atoms with van der Waals surface area (Å²) in [6.07, 6.45) is 3.53. The van der Waals surface area contributed by atoms with Crippen molar-refractivity contribution in [3.63, 3.8) is 0 Å². The molecule has 3 N–H and O–H groups in total. The van der Waals surface area contributed by atoms with E-state index in [9.17, 15) is 0 Å². The van der Waals surface area contributed by atoms with Crippen LogP contribution in [0.5, 0.6) is 0 Å². The largest absolute Gasteiger partial charge is 0.271 e. The zero-order valence-corrected chi connectivity index (χ0v) is 8.16. The van der Waals surface area contributed by atoms with Crippen molar-refractivity contribution >= 4 is 0 Å². The minimum absolute atomic E-state index is 0.307. The first-order chi connectivity index (χ1) is 6.38. The summed E-state index contributed by atoms with van der Waals surface area (Å²) in [5, 5.41) is 0. The van der Waals surface area contributed by atoms with Crippen molar-refractivity contribution in [2.75, 3.05) is 0 Å². The number of unbranched alkanes of at least 4 members (excludes halogenated alkanes) is 1. The first-order valence-corrected chi connectivity index (χ1v) is 4.89. The molecule has 2 nitrogen and oxygen atoms in total. The fourth-order valence-corrected chi connectivity index (χ4v) is 1.44. The molecule has 0 aliphatic heterocycles. The fraction of sp³-hybridized carbons (Fsp3) is 0.455. The Balaban J connectivity index is 2.56. The van der Waals surface area contributed by atoms with E-state index in [4.69, 9.17) is 5.84 Å². The van der Waals surface area contributed by atoms with Gasteiger partial charge in [-0.1, -0.05) is 50.1 Å². The van der Waals surface area contributed by atoms with E-state index in [0.29, 0.717) is 6.04 Å². The summed E-state index contributed by atoms with van der Waals surface area (Å²) in [7, 11) is 0. The van der Waals surface area contributed by atoms with Crippen molar-refractivity contribution in [2.24, 2.45) is 5.84 Å². The number of hydrogen-bond donors (Lipinski definition) is 2. The van der Waals surface area contributed by atoms with Crippen molar-refractivity contribution in [1.29, 1.82) is 0 Å². The van der Waals surface area contributed by atoms with Gasteiger partial charge in [0, 0.05) is 6.04 Å². The van der Waals surface area contributed by atoms with Gasteiger partial charge < -0.3 is 0 Å². The van der Waals surface area contributed by atoms with Gasteiger partial charge in [-0.05, 0) is 12.0 Å². The van der Waals surface area contributed by atoms with Gasteiger partial charge in [-0.25, -0.2) is 0 Å². The van der Waals surface area contributed by atoms with Gasteiger partial charge in [-0.3, -0.25) is 11.3 Å². The molecule has 0 aliphatic carbocycles. The highest BCUT2D eigenvalue weighted by Gasteiger charge is 2.06. The lowest BCUT2D eigenvalue weighted by Crippen LogP contribution is -2.27. The highest BCUT2D eigenvalue weighted by Crippen LogP contribution is 2.17. The molecule has 0 aliphatic rings. The van der Waals surface area contributed by atoms with E-state index < -0.39 is 0 Å². The van der Waals surface area contributed by atoms with Crippen LogP contribution in [0.4, 0.5) is 0 Å². The summed E-state index contributed by atoms with van der Waals surface area (Å²) in [6.45, 7) is 2.19. The Kier molecular flexibility index (Phi) is 4.50. The summed E-state index contributed by atoms with van der Waals surface area (Å²) < 4.78 is 0. The molecule has 1 aromatic rings. The van der Waals surface area contributed by atoms with E-state index in [0.717, 1.165) is 6.42 Å². The molecule has 0 bridgehead atoms. The van der Waals surface area contributed by atoms with Gasteiger partial charge in [0.05, 0.1) is 0 Å². The Hall–Kier alpha value is -0.860. The number of hydrazine groups is 1. The number of hydrogen-bond acceptors (Lipinski definition) is 2. The normalized spacial score (nSPS) is 12.8. The molecule has 2 heteroatoms. The molecular weight excluding hydrogens is 160 g/mol. The van der Waals surface area contributed by atoms with Gasteiger partial charge in [0.1, 0.15) is 0 Å². The monoisotopic (exact) mass is 178 g/mol. The second-order valence-electron chi connectivity index (χ2n) is 3.27. The zero-order valence-electron chi connectivity index (χ0n) is 8.16. The minimum atomic E-state index is 0.307. The topological polar surface area (TPSA) is 38.0 Å². The molecule has 13 heavy (non-hydrogen) atoms. The summed E-state index contributed by atoms with van der Waals surface area (Å²) >= 11 is 0. The van der Waals surface area contributed by atoms with E-state index in [2.05, 4.69) is 24.5 Å². The van der Waals surface area contributed by atoms with Gasteiger partial charge in [-0.15, -0.1) is 0 Å². The first-order valence-electron chi connectivity index (χ1n) is 4.89. The second kappa shape index (κ2) is 5.73. The minimum Gasteiger partial charge on any atom is -0.271 e. The van der Waals surface area contributed by atoms with Crippen molar-refractivity contribution in [1.82, 2.24) is 5.43 Å². The first kappa shape index (κ1) is 10.2. The Bertz CT molecular complexity index is 221. The molecule has 0 heterocycles. The number of nitrogens with one attached hydrogen (secondary N) is 1. The standard InChI is InChI=1S/C11H18N2/c1-2-3-9-11(13-12)10-7-5-4-6-8-10/h4-8,11,13H,2-3,9,12H2,1H3/t11-/m0/s1. The van der Waals surface area contributed by atoms with Crippen molar-refractivity contribution in [2.45, 2.75) is 32.2 Å². The molecule has 72 valence electrons. The van der Waals surface area contributed by atoms with Crippen LogP contribution >= 0.6 is 0 Å². The lowest BCUT2D eigenvalue weighted by Gasteiger charge is -2.15. The van der Waals surface area contributed by atoms with Crippen LogP contribution < -0.4 is 11.3 Å². The Morgan fingerprint density at radius 3 is 2.54 bits per heavy atom. The SMILES string of the molecule is CCCC[C@H](NN)c1ccccc1. The number of rotatable bonds is 5. The lowest BCUT2D eigenvalue weighted by molar-refractivity contribution is 0.495. The highest BCUT2D eigenvalue weighted by atomic mass is 15.2. The van der Waals surface area contributed by atoms with Crippen molar-refractivity contribution in [3.05, 3.63) is 35.9 Å². The van der Waals surface area contributed by atoms with E-state index >= 15 is 0 Å². The third kappa shape index (κ3) is 3.17. The Labute approximate surface area is 80.1 Å². The molecule has 0 aromatic heterocycles. The average Bonchev–Trinajstić information content (AvgIpc) is 2.21. The highest BCUT2D eigenvalue weighted by molar-refractivity contribution is 5.18. The molecule has 0 amide bonds. The summed E-state index contributed by atoms with van der Waals surface area (Å²) in [6, 6.07) is 10.6. The Morgan fingerprint density at radius 2 is 2.00 bits per heavy atom. The van der Waals surface area contributed by atoms with Gasteiger partial charge in [0.25, 0.3) is 0 Å². The maximum absolute atomic E-state index is 5.50. The van der Waals surface area contributed by atoms with Crippen LogP contribution in [0.3, 0.4) is 0 Å². The third-order valence-corrected chi connectivity index (χ3v) is 2.25. The maximum atomic E-state index is 5.50. The third-order valence-electron chi connectivity index (χ3n) is 2.25. The van der Waals surface area contributed by atoms with Crippen LogP contribution in [-0.4, -0.2) is 0 Å². The van der Waals surface area contributed by atoms with Gasteiger partial charge >= 0.3 is 0 Å². The summed E-state index contributed by atoms with van der Waals surface area (Å²) in [5.41, 5.74) is 4.13. The van der Waals surface area contributed by atoms with E-state index in [1.807, 2.05) is 18.2 Å². The van der Waals surface area contributed by atoms with Crippen LogP contribution in [0.2, 0.25) is 0 Å². The molecule has 0 fully saturated rings. The molecule has 1 atom stereocenters. The van der Waals surface area contributed by atoms with Gasteiger partial charge in [0.2, 0.25) is 0 Å². The predicted molar refractivity (Wildman–Crippen MR) is 56.0 cm³/mol. The number of benzene rings is 1. The quantitative estimate of drug-likeness (QED) is 0.536. The van der Waals surface area contributed by atoms with Crippen LogP contribution in [0.15, 0.2) is 30.3 Å². The van der Waals surface area contributed by atoms with Crippen LogP contribution in [0.25, 0.3) is 0 Å². The number of nitrogens with two attached hydrogens (primary N) is 1. The summed E-state index contributed by atoms with van der Waals surface area (Å²) in [5.74, 6) is 5.50. The van der Waals surface area contributed by atoms with Crippen LogP contribution in [-0.2, 0) is 0 Å². The van der Waals surface area contributed by atoms with Gasteiger partial charge in [0.15, 0.2) is 0 Å². The second-order valence-corrected chi connectivity index (χ2v) is 3.27. The van der Waals surface area contributed by atoms with Crippen LogP contribution in [0, 0.1) is 0 Å². The molecular formula is C11H18N2. The molecule has 0 saturated heterocycles. The smallest absolute Gasteiger partial charge is 0.0460 e. The molecule has 1 aromatic carbocycles. The molecule has 0 saturated carbocycles. The van der Waals surface area contributed by atoms with Crippen LogP contribution in [0.1, 0.15) is 37.8 Å². The predicted octanol–water partition coefficient (Wildman–Crippen LogP) is 2.38. The molecule has 1 rings (SSSR count). The van der Waals surface area contributed by atoms with Crippen molar-refractivity contribution in [3.8, 4) is 0 Å².